The van der Waals surface area contributed by atoms with Gasteiger partial charge in [0.2, 0.25) is 0 Å². The van der Waals surface area contributed by atoms with E-state index in [1.165, 1.54) is 121 Å². The summed E-state index contributed by atoms with van der Waals surface area (Å²) in [5.41, 5.74) is 23.2. The van der Waals surface area contributed by atoms with Crippen LogP contribution in [-0.4, -0.2) is 6.71 Å². The zero-order valence-corrected chi connectivity index (χ0v) is 30.1. The lowest BCUT2D eigenvalue weighted by Crippen LogP contribution is -2.61. The van der Waals surface area contributed by atoms with Crippen LogP contribution in [0.15, 0.2) is 152 Å². The van der Waals surface area contributed by atoms with Crippen molar-refractivity contribution in [1.82, 2.24) is 0 Å². The van der Waals surface area contributed by atoms with Gasteiger partial charge in [0.05, 0.1) is 11.4 Å². The third-order valence-corrected chi connectivity index (χ3v) is 12.4. The molecular weight excluding hydrogens is 639 g/mol. The molecule has 7 aromatic carbocycles. The molecule has 11 rings (SSSR count). The van der Waals surface area contributed by atoms with E-state index >= 15 is 0 Å². The average molecular weight is 681 g/mol. The van der Waals surface area contributed by atoms with Crippen LogP contribution >= 0.6 is 0 Å². The van der Waals surface area contributed by atoms with Gasteiger partial charge in [-0.3, -0.25) is 0 Å². The highest BCUT2D eigenvalue weighted by atomic mass is 15.2. The smallest absolute Gasteiger partial charge is 0.252 e. The summed E-state index contributed by atoms with van der Waals surface area (Å²) in [5, 5.41) is 0. The highest BCUT2D eigenvalue weighted by molar-refractivity contribution is 7.00. The fourth-order valence-corrected chi connectivity index (χ4v) is 10.2. The molecule has 0 saturated carbocycles. The Morgan fingerprint density at radius 1 is 0.340 bits per heavy atom. The van der Waals surface area contributed by atoms with Crippen molar-refractivity contribution in [2.75, 3.05) is 9.80 Å². The average Bonchev–Trinajstić information content (AvgIpc) is 3.23. The van der Waals surface area contributed by atoms with Crippen molar-refractivity contribution >= 4 is 57.2 Å². The molecule has 0 saturated heterocycles. The summed E-state index contributed by atoms with van der Waals surface area (Å²) in [4.78, 5) is 5.22. The second-order valence-electron chi connectivity index (χ2n) is 15.3. The number of fused-ring (bicyclic) bond motifs is 6. The molecule has 7 aromatic rings. The molecule has 0 atom stereocenters. The van der Waals surface area contributed by atoms with Gasteiger partial charge >= 0.3 is 0 Å². The highest BCUT2D eigenvalue weighted by Gasteiger charge is 2.44. The normalized spacial score (nSPS) is 15.2. The summed E-state index contributed by atoms with van der Waals surface area (Å²) < 4.78 is 0. The molecule has 3 heteroatoms. The summed E-state index contributed by atoms with van der Waals surface area (Å²) in [6.45, 7) is 0.122. The first-order valence-electron chi connectivity index (χ1n) is 19.7. The Bertz CT molecular complexity index is 2370. The monoisotopic (exact) mass is 680 g/mol. The van der Waals surface area contributed by atoms with E-state index in [0.29, 0.717) is 0 Å². The Kier molecular flexibility index (Phi) is 7.21. The lowest BCUT2D eigenvalue weighted by molar-refractivity contribution is 0.687. The van der Waals surface area contributed by atoms with Crippen LogP contribution in [0.5, 0.6) is 0 Å². The van der Waals surface area contributed by atoms with E-state index in [1.54, 1.807) is 0 Å². The topological polar surface area (TPSA) is 6.48 Å². The van der Waals surface area contributed by atoms with E-state index < -0.39 is 0 Å². The molecule has 2 heterocycles. The van der Waals surface area contributed by atoms with Gasteiger partial charge in [0.1, 0.15) is 0 Å². The van der Waals surface area contributed by atoms with E-state index in [-0.39, 0.29) is 6.71 Å². The molecule has 0 bridgehead atoms. The van der Waals surface area contributed by atoms with Crippen molar-refractivity contribution in [2.24, 2.45) is 0 Å². The zero-order chi connectivity index (χ0) is 34.9. The van der Waals surface area contributed by atoms with Crippen LogP contribution in [0.4, 0.5) is 34.1 Å². The van der Waals surface area contributed by atoms with E-state index in [9.17, 15) is 0 Å². The first kappa shape index (κ1) is 30.8. The van der Waals surface area contributed by atoms with Gasteiger partial charge < -0.3 is 9.80 Å². The summed E-state index contributed by atoms with van der Waals surface area (Å²) >= 11 is 0. The molecule has 2 aliphatic heterocycles. The van der Waals surface area contributed by atoms with Crippen molar-refractivity contribution in [3.8, 4) is 22.3 Å². The summed E-state index contributed by atoms with van der Waals surface area (Å²) in [6, 6.07) is 57.5. The molecule has 4 aliphatic rings. The number of anilines is 6. The molecule has 2 nitrogen and oxygen atoms in total. The third kappa shape index (κ3) is 4.73. The Balaban J connectivity index is 1.21. The van der Waals surface area contributed by atoms with Gasteiger partial charge in [-0.1, -0.05) is 115 Å². The van der Waals surface area contributed by atoms with Crippen molar-refractivity contribution in [3.63, 3.8) is 0 Å². The first-order valence-corrected chi connectivity index (χ1v) is 19.7. The number of aryl methyl sites for hydroxylation is 2. The maximum atomic E-state index is 2.61. The maximum Gasteiger partial charge on any atom is 0.252 e. The van der Waals surface area contributed by atoms with Crippen LogP contribution in [0.2, 0.25) is 0 Å². The van der Waals surface area contributed by atoms with Crippen LogP contribution in [-0.2, 0) is 25.7 Å². The molecule has 0 spiro atoms. The van der Waals surface area contributed by atoms with E-state index in [4.69, 9.17) is 0 Å². The number of benzene rings is 7. The number of nitrogens with zero attached hydrogens (tertiary/aromatic N) is 2. The van der Waals surface area contributed by atoms with Crippen molar-refractivity contribution in [1.29, 1.82) is 0 Å². The second-order valence-corrected chi connectivity index (χ2v) is 15.3. The predicted octanol–water partition coefficient (Wildman–Crippen LogP) is 10.9. The van der Waals surface area contributed by atoms with Crippen molar-refractivity contribution in [3.05, 3.63) is 174 Å². The van der Waals surface area contributed by atoms with Gasteiger partial charge in [-0.15, -0.1) is 0 Å². The van der Waals surface area contributed by atoms with Crippen LogP contribution in [0.25, 0.3) is 22.3 Å². The minimum Gasteiger partial charge on any atom is -0.311 e. The van der Waals surface area contributed by atoms with Crippen LogP contribution < -0.4 is 26.2 Å². The van der Waals surface area contributed by atoms with E-state index in [1.807, 2.05) is 0 Å². The van der Waals surface area contributed by atoms with Gasteiger partial charge in [-0.05, 0) is 138 Å². The Morgan fingerprint density at radius 2 is 0.755 bits per heavy atom. The fourth-order valence-electron chi connectivity index (χ4n) is 10.2. The quantitative estimate of drug-likeness (QED) is 0.171. The number of hydrogen-bond acceptors (Lipinski definition) is 2. The summed E-state index contributed by atoms with van der Waals surface area (Å²) in [7, 11) is 0. The summed E-state index contributed by atoms with van der Waals surface area (Å²) in [5.74, 6) is 0. The second kappa shape index (κ2) is 12.4. The predicted molar refractivity (Wildman–Crippen MR) is 225 cm³/mol. The molecule has 0 amide bonds. The van der Waals surface area contributed by atoms with Crippen LogP contribution in [0.1, 0.15) is 47.9 Å². The summed E-state index contributed by atoms with van der Waals surface area (Å²) in [6.07, 6.45) is 9.59. The molecule has 254 valence electrons. The van der Waals surface area contributed by atoms with Crippen molar-refractivity contribution in [2.45, 2.75) is 51.4 Å². The SMILES string of the molecule is c1ccc(-c2c(N3c4ccccc4B4c5ccccc5N(c5ccc6c(c5-c5ccccc5)CCCC6)c5cccc3c54)ccc3c2CCCC3)cc1. The van der Waals surface area contributed by atoms with Gasteiger partial charge in [0, 0.05) is 33.9 Å². The molecule has 2 aliphatic carbocycles. The zero-order valence-electron chi connectivity index (χ0n) is 30.1. The fraction of sp³-hybridized carbons (Fsp3) is 0.160. The molecule has 0 aromatic heterocycles. The Labute approximate surface area is 313 Å². The standard InChI is InChI=1S/C50H41BN2/c1-3-18-36(19-4-1)48-38-22-9-7-16-34(38)30-32-44(48)52-42-26-13-11-24-40(42)51-41-25-12-14-27-43(41)53(47-29-15-28-46(52)50(47)51)45-33-31-35-17-8-10-23-39(35)49(45)37-20-5-2-6-21-37/h1-6,11-15,18-21,24-33H,7-10,16-17,22-23H2. The molecule has 53 heavy (non-hydrogen) atoms. The molecular formula is C50H41BN2. The lowest BCUT2D eigenvalue weighted by Gasteiger charge is -2.45. The van der Waals surface area contributed by atoms with Crippen molar-refractivity contribution < 1.29 is 0 Å². The molecule has 0 radical (unpaired) electrons. The minimum absolute atomic E-state index is 0.122. The van der Waals surface area contributed by atoms with Gasteiger partial charge in [-0.2, -0.15) is 0 Å². The van der Waals surface area contributed by atoms with Crippen LogP contribution in [0, 0.1) is 0 Å². The molecule has 0 unspecified atom stereocenters. The largest absolute Gasteiger partial charge is 0.311 e. The van der Waals surface area contributed by atoms with E-state index in [2.05, 4.69) is 161 Å². The van der Waals surface area contributed by atoms with Gasteiger partial charge in [0.25, 0.3) is 6.71 Å². The number of para-hydroxylation sites is 2. The van der Waals surface area contributed by atoms with Gasteiger partial charge in [-0.25, -0.2) is 0 Å². The van der Waals surface area contributed by atoms with E-state index in [0.717, 1.165) is 25.7 Å². The lowest BCUT2D eigenvalue weighted by atomic mass is 9.33. The highest BCUT2D eigenvalue weighted by Crippen LogP contribution is 2.50. The molecule has 0 N–H and O–H groups in total. The number of hydrogen-bond donors (Lipinski definition) is 0. The Morgan fingerprint density at radius 3 is 1.25 bits per heavy atom. The Hall–Kier alpha value is -5.80. The van der Waals surface area contributed by atoms with Gasteiger partial charge in [0.15, 0.2) is 0 Å². The number of rotatable bonds is 4. The third-order valence-electron chi connectivity index (χ3n) is 12.4. The molecule has 0 fully saturated rings. The van der Waals surface area contributed by atoms with Crippen LogP contribution in [0.3, 0.4) is 0 Å². The minimum atomic E-state index is 0.122. The maximum absolute atomic E-state index is 2.61. The first-order chi connectivity index (χ1) is 26.3.